The van der Waals surface area contributed by atoms with E-state index in [1.165, 1.54) is 6.92 Å². The topological polar surface area (TPSA) is 103 Å². The predicted molar refractivity (Wildman–Crippen MR) is 113 cm³/mol. The average Bonchev–Trinajstić information content (AvgIpc) is 3.14. The lowest BCUT2D eigenvalue weighted by Crippen LogP contribution is -2.26. The van der Waals surface area contributed by atoms with E-state index in [0.717, 1.165) is 11.3 Å². The van der Waals surface area contributed by atoms with Crippen molar-refractivity contribution in [2.24, 2.45) is 5.92 Å². The summed E-state index contributed by atoms with van der Waals surface area (Å²) in [6, 6.07) is 0. The Bertz CT molecular complexity index is 960. The van der Waals surface area contributed by atoms with Gasteiger partial charge in [-0.05, 0) is 45.8 Å². The first-order valence-corrected chi connectivity index (χ1v) is 13.8. The van der Waals surface area contributed by atoms with Gasteiger partial charge in [-0.15, -0.1) is 0 Å². The van der Waals surface area contributed by atoms with Gasteiger partial charge in [0.25, 0.3) is 0 Å². The zero-order chi connectivity index (χ0) is 21.3. The minimum Gasteiger partial charge on any atom is -0.400 e. The zero-order valence-electron chi connectivity index (χ0n) is 17.4. The van der Waals surface area contributed by atoms with Crippen LogP contribution in [0.1, 0.15) is 51.4 Å². The van der Waals surface area contributed by atoms with E-state index < -0.39 is 14.2 Å². The van der Waals surface area contributed by atoms with Gasteiger partial charge in [0, 0.05) is 13.1 Å². The van der Waals surface area contributed by atoms with Crippen molar-refractivity contribution in [3.05, 3.63) is 28.3 Å². The average molecular weight is 435 g/mol. The summed E-state index contributed by atoms with van der Waals surface area (Å²) in [6.07, 6.45) is 3.43. The normalized spacial score (nSPS) is 17.0. The molecule has 0 saturated heterocycles. The molecule has 0 bridgehead atoms. The van der Waals surface area contributed by atoms with E-state index in [4.69, 9.17) is 4.43 Å². The van der Waals surface area contributed by atoms with E-state index in [1.54, 1.807) is 10.8 Å². The molecule has 0 fully saturated rings. The Hall–Kier alpha value is -2.17. The SMILES string of the molecule is CC(=O)Nc1nc2c(s1)C(=O)C(C(=O)c1cn(CO[Si](C)(C)C)c(C)n1)CCC2. The number of nitrogens with zero attached hydrogens (tertiary/aromatic N) is 3. The van der Waals surface area contributed by atoms with Crippen LogP contribution in [0, 0.1) is 12.8 Å². The molecule has 1 N–H and O–H groups in total. The van der Waals surface area contributed by atoms with Gasteiger partial charge in [0.1, 0.15) is 18.2 Å². The summed E-state index contributed by atoms with van der Waals surface area (Å²) in [4.78, 5) is 46.7. The second-order valence-corrected chi connectivity index (χ2v) is 13.7. The molecule has 1 unspecified atom stereocenters. The van der Waals surface area contributed by atoms with Gasteiger partial charge in [-0.1, -0.05) is 11.3 Å². The molecule has 0 aromatic carbocycles. The molecule has 0 aliphatic heterocycles. The largest absolute Gasteiger partial charge is 0.400 e. The smallest absolute Gasteiger partial charge is 0.223 e. The van der Waals surface area contributed by atoms with Gasteiger partial charge >= 0.3 is 0 Å². The zero-order valence-corrected chi connectivity index (χ0v) is 19.2. The number of rotatable bonds is 6. The number of carbonyl (C=O) groups is 3. The number of hydrogen-bond donors (Lipinski definition) is 1. The molecule has 1 aliphatic rings. The number of anilines is 1. The van der Waals surface area contributed by atoms with Gasteiger partial charge < -0.3 is 14.3 Å². The van der Waals surface area contributed by atoms with Crippen molar-refractivity contribution >= 4 is 42.3 Å². The third kappa shape index (κ3) is 5.06. The van der Waals surface area contributed by atoms with Crippen LogP contribution in [-0.2, 0) is 22.4 Å². The summed E-state index contributed by atoms with van der Waals surface area (Å²) in [5, 5.41) is 3.02. The molecule has 2 heterocycles. The monoisotopic (exact) mass is 434 g/mol. The number of ketones is 2. The number of nitrogens with one attached hydrogen (secondary N) is 1. The fraction of sp³-hybridized carbons (Fsp3) is 0.526. The molecule has 0 spiro atoms. The molecule has 0 saturated carbocycles. The number of carbonyl (C=O) groups excluding carboxylic acids is 3. The van der Waals surface area contributed by atoms with E-state index in [0.29, 0.717) is 47.5 Å². The number of Topliss-reactive ketones (excluding diaryl/α,β-unsaturated/α-hetero) is 2. The quantitative estimate of drug-likeness (QED) is 0.323. The van der Waals surface area contributed by atoms with Crippen LogP contribution in [0.4, 0.5) is 5.13 Å². The number of imidazole rings is 1. The maximum absolute atomic E-state index is 13.1. The van der Waals surface area contributed by atoms with E-state index >= 15 is 0 Å². The highest BCUT2D eigenvalue weighted by atomic mass is 32.1. The van der Waals surface area contributed by atoms with Crippen LogP contribution >= 0.6 is 11.3 Å². The van der Waals surface area contributed by atoms with Crippen molar-refractivity contribution in [2.45, 2.75) is 59.5 Å². The highest BCUT2D eigenvalue weighted by Gasteiger charge is 2.35. The van der Waals surface area contributed by atoms with Gasteiger partial charge in [0.2, 0.25) is 5.91 Å². The molecule has 0 radical (unpaired) electrons. The molecular weight excluding hydrogens is 408 g/mol. The fourth-order valence-corrected chi connectivity index (χ4v) is 4.71. The molecule has 1 amide bonds. The first-order chi connectivity index (χ1) is 13.5. The summed E-state index contributed by atoms with van der Waals surface area (Å²) in [5.41, 5.74) is 0.944. The molecular formula is C19H26N4O4SSi. The van der Waals surface area contributed by atoms with Crippen LogP contribution < -0.4 is 5.32 Å². The van der Waals surface area contributed by atoms with Gasteiger partial charge in [-0.3, -0.25) is 14.4 Å². The highest BCUT2D eigenvalue weighted by molar-refractivity contribution is 7.17. The molecule has 1 atom stereocenters. The molecule has 10 heteroatoms. The number of fused-ring (bicyclic) bond motifs is 1. The van der Waals surface area contributed by atoms with Crippen LogP contribution in [0.2, 0.25) is 19.6 Å². The molecule has 2 aromatic rings. The Balaban J connectivity index is 1.81. The molecule has 156 valence electrons. The number of thiazole rings is 1. The summed E-state index contributed by atoms with van der Waals surface area (Å²) >= 11 is 1.13. The van der Waals surface area contributed by atoms with Crippen LogP contribution in [0.3, 0.4) is 0 Å². The van der Waals surface area contributed by atoms with Crippen LogP contribution in [-0.4, -0.2) is 40.3 Å². The summed E-state index contributed by atoms with van der Waals surface area (Å²) in [7, 11) is -1.70. The van der Waals surface area contributed by atoms with E-state index in [2.05, 4.69) is 34.9 Å². The van der Waals surface area contributed by atoms with Crippen molar-refractivity contribution in [1.29, 1.82) is 0 Å². The Kier molecular flexibility index (Phi) is 6.15. The van der Waals surface area contributed by atoms with Gasteiger partial charge in [-0.25, -0.2) is 9.97 Å². The Morgan fingerprint density at radius 2 is 2.07 bits per heavy atom. The van der Waals surface area contributed by atoms with Crippen LogP contribution in [0.5, 0.6) is 0 Å². The van der Waals surface area contributed by atoms with Crippen molar-refractivity contribution in [2.75, 3.05) is 5.32 Å². The lowest BCUT2D eigenvalue weighted by Gasteiger charge is -2.17. The Morgan fingerprint density at radius 3 is 2.72 bits per heavy atom. The third-order valence-corrected chi connectivity index (χ3v) is 6.63. The lowest BCUT2D eigenvalue weighted by atomic mass is 9.93. The van der Waals surface area contributed by atoms with Gasteiger partial charge in [-0.2, -0.15) is 0 Å². The maximum Gasteiger partial charge on any atom is 0.223 e. The number of hydrogen-bond acceptors (Lipinski definition) is 7. The van der Waals surface area contributed by atoms with Crippen molar-refractivity contribution in [3.8, 4) is 0 Å². The van der Waals surface area contributed by atoms with Gasteiger partial charge in [0.05, 0.1) is 16.5 Å². The maximum atomic E-state index is 13.1. The molecule has 8 nitrogen and oxygen atoms in total. The highest BCUT2D eigenvalue weighted by Crippen LogP contribution is 2.32. The van der Waals surface area contributed by atoms with Crippen LogP contribution in [0.25, 0.3) is 0 Å². The Morgan fingerprint density at radius 1 is 1.34 bits per heavy atom. The molecule has 29 heavy (non-hydrogen) atoms. The van der Waals surface area contributed by atoms with Crippen molar-refractivity contribution in [1.82, 2.24) is 14.5 Å². The van der Waals surface area contributed by atoms with E-state index in [9.17, 15) is 14.4 Å². The number of aryl methyl sites for hydroxylation is 2. The Labute approximate surface area is 174 Å². The second kappa shape index (κ2) is 8.29. The first-order valence-electron chi connectivity index (χ1n) is 9.58. The minimum atomic E-state index is -1.70. The predicted octanol–water partition coefficient (Wildman–Crippen LogP) is 3.43. The fourth-order valence-electron chi connectivity index (χ4n) is 3.13. The molecule has 2 aromatic heterocycles. The standard InChI is InChI=1S/C19H26N4O4SSi/c1-11-20-15(9-23(11)10-27-29(3,4)5)16(25)13-7-6-8-14-18(17(13)26)28-19(22-14)21-12(2)24/h9,13H,6-8,10H2,1-5H3,(H,21,22,24). The van der Waals surface area contributed by atoms with Gasteiger partial charge in [0.15, 0.2) is 25.0 Å². The number of amides is 1. The van der Waals surface area contributed by atoms with Crippen LogP contribution in [0.15, 0.2) is 6.20 Å². The minimum absolute atomic E-state index is 0.234. The second-order valence-electron chi connectivity index (χ2n) is 8.18. The lowest BCUT2D eigenvalue weighted by molar-refractivity contribution is -0.114. The first kappa shape index (κ1) is 21.5. The summed E-state index contributed by atoms with van der Waals surface area (Å²) in [6.45, 7) is 9.84. The molecule has 3 rings (SSSR count). The summed E-state index contributed by atoms with van der Waals surface area (Å²) in [5.74, 6) is -0.841. The summed E-state index contributed by atoms with van der Waals surface area (Å²) < 4.78 is 7.70. The molecule has 1 aliphatic carbocycles. The van der Waals surface area contributed by atoms with Crippen molar-refractivity contribution in [3.63, 3.8) is 0 Å². The van der Waals surface area contributed by atoms with Crippen molar-refractivity contribution < 1.29 is 18.8 Å². The number of aromatic nitrogens is 3. The van der Waals surface area contributed by atoms with E-state index in [-0.39, 0.29) is 23.2 Å². The third-order valence-electron chi connectivity index (χ3n) is 4.61. The van der Waals surface area contributed by atoms with E-state index in [1.807, 2.05) is 6.92 Å².